The van der Waals surface area contributed by atoms with Gasteiger partial charge >= 0.3 is 6.18 Å². The second-order valence-corrected chi connectivity index (χ2v) is 8.35. The molecular formula is C24H26F4N4O. The fourth-order valence-electron chi connectivity index (χ4n) is 3.68. The van der Waals surface area contributed by atoms with Gasteiger partial charge in [-0.1, -0.05) is 44.2 Å². The van der Waals surface area contributed by atoms with E-state index in [2.05, 4.69) is 5.10 Å². The molecule has 0 atom stereocenters. The van der Waals surface area contributed by atoms with Gasteiger partial charge in [-0.15, -0.1) is 0 Å². The van der Waals surface area contributed by atoms with Crippen molar-refractivity contribution in [2.45, 2.75) is 26.6 Å². The second kappa shape index (κ2) is 9.64. The fourth-order valence-corrected chi connectivity index (χ4v) is 3.68. The highest BCUT2D eigenvalue weighted by atomic mass is 19.4. The van der Waals surface area contributed by atoms with Crippen molar-refractivity contribution in [1.82, 2.24) is 14.7 Å². The molecule has 0 saturated heterocycles. The van der Waals surface area contributed by atoms with E-state index in [1.807, 2.05) is 13.8 Å². The maximum atomic E-state index is 14.3. The molecule has 0 spiro atoms. The summed E-state index contributed by atoms with van der Waals surface area (Å²) in [5, 5.41) is 3.89. The summed E-state index contributed by atoms with van der Waals surface area (Å²) in [4.78, 5) is 16.0. The number of carbonyl (C=O) groups is 1. The average Bonchev–Trinajstić information content (AvgIpc) is 3.13. The molecular weight excluding hydrogens is 436 g/mol. The molecule has 176 valence electrons. The number of nitrogens with zero attached hydrogens (tertiary/aromatic N) is 4. The molecule has 0 fully saturated rings. The molecule has 3 aromatic rings. The smallest absolute Gasteiger partial charge is 0.362 e. The van der Waals surface area contributed by atoms with Crippen LogP contribution in [0.15, 0.2) is 54.6 Å². The lowest BCUT2D eigenvalue weighted by atomic mass is 10.1. The molecule has 1 heterocycles. The van der Waals surface area contributed by atoms with Crippen LogP contribution in [0.2, 0.25) is 0 Å². The maximum absolute atomic E-state index is 14.3. The molecule has 0 aliphatic carbocycles. The van der Waals surface area contributed by atoms with Crippen molar-refractivity contribution < 1.29 is 22.4 Å². The minimum absolute atomic E-state index is 0.0537. The highest BCUT2D eigenvalue weighted by molar-refractivity contribution is 5.94. The van der Waals surface area contributed by atoms with E-state index in [-0.39, 0.29) is 36.0 Å². The Morgan fingerprint density at radius 1 is 1.03 bits per heavy atom. The van der Waals surface area contributed by atoms with Crippen molar-refractivity contribution in [3.05, 3.63) is 77.2 Å². The summed E-state index contributed by atoms with van der Waals surface area (Å²) in [6.07, 6.45) is -4.75. The first kappa shape index (κ1) is 24.3. The van der Waals surface area contributed by atoms with Gasteiger partial charge in [0.15, 0.2) is 5.69 Å². The van der Waals surface area contributed by atoms with Gasteiger partial charge < -0.3 is 9.80 Å². The molecule has 1 amide bonds. The van der Waals surface area contributed by atoms with Crippen LogP contribution >= 0.6 is 0 Å². The Bertz CT molecular complexity index is 1110. The molecule has 0 aliphatic rings. The highest BCUT2D eigenvalue weighted by Gasteiger charge is 2.41. The van der Waals surface area contributed by atoms with Gasteiger partial charge in [0.05, 0.1) is 17.8 Å². The third kappa shape index (κ3) is 5.35. The van der Waals surface area contributed by atoms with Crippen molar-refractivity contribution in [2.75, 3.05) is 25.5 Å². The molecule has 0 unspecified atom stereocenters. The normalized spacial score (nSPS) is 11.7. The maximum Gasteiger partial charge on any atom is 0.435 e. The number of carbonyl (C=O) groups excluding carboxylic acids is 1. The summed E-state index contributed by atoms with van der Waals surface area (Å²) in [6.45, 7) is 3.45. The zero-order valence-electron chi connectivity index (χ0n) is 18.9. The van der Waals surface area contributed by atoms with Crippen molar-refractivity contribution in [3.8, 4) is 5.69 Å². The van der Waals surface area contributed by atoms with Crippen LogP contribution in [0.25, 0.3) is 5.69 Å². The predicted octanol–water partition coefficient (Wildman–Crippen LogP) is 5.39. The molecule has 9 heteroatoms. The van der Waals surface area contributed by atoms with Crippen molar-refractivity contribution >= 4 is 11.7 Å². The molecule has 0 radical (unpaired) electrons. The molecule has 33 heavy (non-hydrogen) atoms. The standard InChI is InChI=1S/C24H26F4N4O/c1-16(2)14-31(23(33)18-12-8-9-13-20(18)25)15-19-21(24(26,27)28)29-32(22(19)30(3)4)17-10-6-5-7-11-17/h5-13,16H,14-15H2,1-4H3. The Morgan fingerprint density at radius 2 is 1.64 bits per heavy atom. The largest absolute Gasteiger partial charge is 0.435 e. The second-order valence-electron chi connectivity index (χ2n) is 8.35. The van der Waals surface area contributed by atoms with E-state index in [1.54, 1.807) is 44.4 Å². The molecule has 3 rings (SSSR count). The van der Waals surface area contributed by atoms with E-state index in [0.717, 1.165) is 6.07 Å². The van der Waals surface area contributed by atoms with Crippen LogP contribution in [0, 0.1) is 11.7 Å². The first-order valence-corrected chi connectivity index (χ1v) is 10.5. The number of aromatic nitrogens is 2. The number of alkyl halides is 3. The van der Waals surface area contributed by atoms with Crippen LogP contribution < -0.4 is 4.90 Å². The zero-order valence-corrected chi connectivity index (χ0v) is 18.9. The van der Waals surface area contributed by atoms with Gasteiger partial charge in [0.1, 0.15) is 11.6 Å². The quantitative estimate of drug-likeness (QED) is 0.442. The van der Waals surface area contributed by atoms with Gasteiger partial charge in [-0.2, -0.15) is 18.3 Å². The first-order chi connectivity index (χ1) is 15.5. The Morgan fingerprint density at radius 3 is 2.18 bits per heavy atom. The summed E-state index contributed by atoms with van der Waals surface area (Å²) < 4.78 is 57.7. The van der Waals surface area contributed by atoms with E-state index < -0.39 is 23.6 Å². The van der Waals surface area contributed by atoms with Crippen LogP contribution in [0.4, 0.5) is 23.4 Å². The van der Waals surface area contributed by atoms with Gasteiger partial charge in [-0.25, -0.2) is 9.07 Å². The number of rotatable bonds is 7. The molecule has 1 aromatic heterocycles. The minimum atomic E-state index is -4.75. The number of hydrogen-bond donors (Lipinski definition) is 0. The van der Waals surface area contributed by atoms with Gasteiger partial charge in [0.2, 0.25) is 0 Å². The number of anilines is 1. The summed E-state index contributed by atoms with van der Waals surface area (Å²) in [5.74, 6) is -1.25. The molecule has 0 aliphatic heterocycles. The van der Waals surface area contributed by atoms with Crippen LogP contribution in [0.3, 0.4) is 0 Å². The summed E-state index contributed by atoms with van der Waals surface area (Å²) in [6, 6.07) is 13.9. The number of amides is 1. The SMILES string of the molecule is CC(C)CN(Cc1c(C(F)(F)F)nn(-c2ccccc2)c1N(C)C)C(=O)c1ccccc1F. The minimum Gasteiger partial charge on any atom is -0.362 e. The van der Waals surface area contributed by atoms with E-state index in [0.29, 0.717) is 5.69 Å². The van der Waals surface area contributed by atoms with Gasteiger partial charge in [-0.3, -0.25) is 4.79 Å². The summed E-state index contributed by atoms with van der Waals surface area (Å²) >= 11 is 0. The van der Waals surface area contributed by atoms with Crippen LogP contribution in [0.5, 0.6) is 0 Å². The Kier molecular flexibility index (Phi) is 7.09. The fraction of sp³-hybridized carbons (Fsp3) is 0.333. The van der Waals surface area contributed by atoms with Crippen LogP contribution in [-0.4, -0.2) is 41.2 Å². The summed E-state index contributed by atoms with van der Waals surface area (Å²) in [7, 11) is 3.23. The van der Waals surface area contributed by atoms with E-state index in [9.17, 15) is 22.4 Å². The number of benzene rings is 2. The predicted molar refractivity (Wildman–Crippen MR) is 119 cm³/mol. The lowest BCUT2D eigenvalue weighted by Crippen LogP contribution is -2.35. The summed E-state index contributed by atoms with van der Waals surface area (Å²) in [5.41, 5.74) is -0.964. The van der Waals surface area contributed by atoms with Gasteiger partial charge in [-0.05, 0) is 30.2 Å². The monoisotopic (exact) mass is 462 g/mol. The van der Waals surface area contributed by atoms with E-state index >= 15 is 0 Å². The Labute approximate surface area is 190 Å². The molecule has 2 aromatic carbocycles. The number of halogens is 4. The van der Waals surface area contributed by atoms with Crippen LogP contribution in [-0.2, 0) is 12.7 Å². The van der Waals surface area contributed by atoms with Crippen LogP contribution in [0.1, 0.15) is 35.5 Å². The van der Waals surface area contributed by atoms with Gasteiger partial charge in [0.25, 0.3) is 5.91 Å². The zero-order chi connectivity index (χ0) is 24.3. The van der Waals surface area contributed by atoms with Crippen molar-refractivity contribution in [1.29, 1.82) is 0 Å². The molecule has 0 saturated carbocycles. The third-order valence-corrected chi connectivity index (χ3v) is 4.98. The third-order valence-electron chi connectivity index (χ3n) is 4.98. The van der Waals surface area contributed by atoms with Gasteiger partial charge in [0, 0.05) is 26.2 Å². The average molecular weight is 462 g/mol. The first-order valence-electron chi connectivity index (χ1n) is 10.5. The van der Waals surface area contributed by atoms with E-state index in [1.165, 1.54) is 32.7 Å². The molecule has 0 bridgehead atoms. The Hall–Kier alpha value is -3.36. The molecule has 5 nitrogen and oxygen atoms in total. The number of hydrogen-bond acceptors (Lipinski definition) is 3. The lowest BCUT2D eigenvalue weighted by Gasteiger charge is -2.27. The topological polar surface area (TPSA) is 41.4 Å². The van der Waals surface area contributed by atoms with Crippen molar-refractivity contribution in [3.63, 3.8) is 0 Å². The van der Waals surface area contributed by atoms with E-state index in [4.69, 9.17) is 0 Å². The number of para-hydroxylation sites is 1. The van der Waals surface area contributed by atoms with Crippen molar-refractivity contribution in [2.24, 2.45) is 5.92 Å². The Balaban J connectivity index is 2.17. The highest BCUT2D eigenvalue weighted by Crippen LogP contribution is 2.38. The molecule has 0 N–H and O–H groups in total. The lowest BCUT2D eigenvalue weighted by molar-refractivity contribution is -0.142.